The summed E-state index contributed by atoms with van der Waals surface area (Å²) in [5.41, 5.74) is 4.13. The predicted octanol–water partition coefficient (Wildman–Crippen LogP) is 4.28. The van der Waals surface area contributed by atoms with E-state index in [2.05, 4.69) is 36.2 Å². The van der Waals surface area contributed by atoms with Crippen molar-refractivity contribution >= 4 is 38.4 Å². The number of ether oxygens (including phenoxy) is 2. The highest BCUT2D eigenvalue weighted by atomic mass is 32.1. The maximum Gasteiger partial charge on any atom is 0.322 e. The fourth-order valence-corrected chi connectivity index (χ4v) is 4.97. The first-order valence-corrected chi connectivity index (χ1v) is 10.7. The van der Waals surface area contributed by atoms with Crippen molar-refractivity contribution < 1.29 is 14.3 Å². The van der Waals surface area contributed by atoms with Crippen LogP contribution in [0.25, 0.3) is 10.2 Å². The summed E-state index contributed by atoms with van der Waals surface area (Å²) in [7, 11) is 3.14. The lowest BCUT2D eigenvalue weighted by atomic mass is 10.1. The molecule has 0 spiro atoms. The molecule has 1 N–H and O–H groups in total. The molecule has 2 amide bonds. The SMILES string of the molecule is COc1cccc(NC(=O)N2CCN(c3nc4c(C)cc(C)cc4s3)CC2)c1OC. The molecule has 0 aliphatic carbocycles. The van der Waals surface area contributed by atoms with Crippen molar-refractivity contribution in [1.82, 2.24) is 9.88 Å². The van der Waals surface area contributed by atoms with E-state index in [4.69, 9.17) is 14.5 Å². The largest absolute Gasteiger partial charge is 0.493 e. The van der Waals surface area contributed by atoms with Crippen LogP contribution in [0.5, 0.6) is 11.5 Å². The zero-order valence-electron chi connectivity index (χ0n) is 17.7. The number of amides is 2. The average Bonchev–Trinajstić information content (AvgIpc) is 3.18. The van der Waals surface area contributed by atoms with Gasteiger partial charge >= 0.3 is 6.03 Å². The number of anilines is 2. The van der Waals surface area contributed by atoms with Gasteiger partial charge in [0.25, 0.3) is 0 Å². The molecule has 0 atom stereocenters. The van der Waals surface area contributed by atoms with Crippen LogP contribution in [0.2, 0.25) is 0 Å². The molecule has 0 saturated carbocycles. The van der Waals surface area contributed by atoms with Crippen molar-refractivity contribution in [3.8, 4) is 11.5 Å². The normalized spacial score (nSPS) is 14.1. The fraction of sp³-hybridized carbons (Fsp3) is 0.364. The van der Waals surface area contributed by atoms with Gasteiger partial charge in [-0.25, -0.2) is 9.78 Å². The van der Waals surface area contributed by atoms with Crippen LogP contribution in [0.3, 0.4) is 0 Å². The molecule has 7 nitrogen and oxygen atoms in total. The number of para-hydroxylation sites is 1. The molecule has 1 aliphatic rings. The number of benzene rings is 2. The molecular formula is C22H26N4O3S. The van der Waals surface area contributed by atoms with Crippen LogP contribution in [0, 0.1) is 13.8 Å². The Morgan fingerprint density at radius 1 is 1.10 bits per heavy atom. The first-order chi connectivity index (χ1) is 14.5. The van der Waals surface area contributed by atoms with Crippen LogP contribution >= 0.6 is 11.3 Å². The molecule has 1 saturated heterocycles. The smallest absolute Gasteiger partial charge is 0.322 e. The highest BCUT2D eigenvalue weighted by Crippen LogP contribution is 2.35. The first kappa shape index (κ1) is 20.3. The van der Waals surface area contributed by atoms with Crippen molar-refractivity contribution in [1.29, 1.82) is 0 Å². The van der Waals surface area contributed by atoms with E-state index < -0.39 is 0 Å². The second kappa shape index (κ2) is 8.39. The lowest BCUT2D eigenvalue weighted by molar-refractivity contribution is 0.208. The number of nitrogens with one attached hydrogen (secondary N) is 1. The highest BCUT2D eigenvalue weighted by Gasteiger charge is 2.24. The molecule has 0 radical (unpaired) electrons. The quantitative estimate of drug-likeness (QED) is 0.674. The van der Waals surface area contributed by atoms with Crippen molar-refractivity contribution in [3.05, 3.63) is 41.5 Å². The maximum atomic E-state index is 12.8. The maximum absolute atomic E-state index is 12.8. The minimum Gasteiger partial charge on any atom is -0.493 e. The topological polar surface area (TPSA) is 66.9 Å². The van der Waals surface area contributed by atoms with Gasteiger partial charge in [0, 0.05) is 26.2 Å². The van der Waals surface area contributed by atoms with Gasteiger partial charge in [-0.15, -0.1) is 0 Å². The number of thiazole rings is 1. The number of carbonyl (C=O) groups excluding carboxylic acids is 1. The van der Waals surface area contributed by atoms with Crippen LogP contribution < -0.4 is 19.7 Å². The number of hydrogen-bond donors (Lipinski definition) is 1. The van der Waals surface area contributed by atoms with Crippen LogP contribution in [-0.4, -0.2) is 56.3 Å². The molecule has 8 heteroatoms. The average molecular weight is 427 g/mol. The first-order valence-electron chi connectivity index (χ1n) is 9.90. The molecule has 1 aliphatic heterocycles. The van der Waals surface area contributed by atoms with Crippen molar-refractivity contribution in [2.75, 3.05) is 50.6 Å². The van der Waals surface area contributed by atoms with E-state index >= 15 is 0 Å². The standard InChI is InChI=1S/C22H26N4O3S/c1-14-12-15(2)19-18(13-14)30-22(24-19)26-10-8-25(9-11-26)21(27)23-16-6-5-7-17(28-3)20(16)29-4/h5-7,12-13H,8-11H2,1-4H3,(H,23,27). The number of aromatic nitrogens is 1. The summed E-state index contributed by atoms with van der Waals surface area (Å²) < 4.78 is 11.9. The van der Waals surface area contributed by atoms with Crippen LogP contribution in [0.1, 0.15) is 11.1 Å². The van der Waals surface area contributed by atoms with Gasteiger partial charge in [-0.3, -0.25) is 0 Å². The predicted molar refractivity (Wildman–Crippen MR) is 121 cm³/mol. The Balaban J connectivity index is 1.42. The summed E-state index contributed by atoms with van der Waals surface area (Å²) in [4.78, 5) is 21.7. The van der Waals surface area contributed by atoms with Gasteiger partial charge in [-0.1, -0.05) is 23.5 Å². The number of nitrogens with zero attached hydrogens (tertiary/aromatic N) is 3. The van der Waals surface area contributed by atoms with Crippen molar-refractivity contribution in [2.24, 2.45) is 0 Å². The third-order valence-electron chi connectivity index (χ3n) is 5.30. The second-order valence-corrected chi connectivity index (χ2v) is 8.38. The van der Waals surface area contributed by atoms with Crippen molar-refractivity contribution in [3.63, 3.8) is 0 Å². The van der Waals surface area contributed by atoms with Crippen molar-refractivity contribution in [2.45, 2.75) is 13.8 Å². The van der Waals surface area contributed by atoms with Gasteiger partial charge in [-0.2, -0.15) is 0 Å². The van der Waals surface area contributed by atoms with Gasteiger partial charge in [0.15, 0.2) is 16.6 Å². The molecule has 2 heterocycles. The molecule has 4 rings (SSSR count). The molecule has 1 aromatic heterocycles. The summed E-state index contributed by atoms with van der Waals surface area (Å²) in [5, 5.41) is 3.97. The number of hydrogen-bond acceptors (Lipinski definition) is 6. The Kier molecular flexibility index (Phi) is 5.67. The van der Waals surface area contributed by atoms with Gasteiger partial charge in [0.2, 0.25) is 0 Å². The van der Waals surface area contributed by atoms with E-state index in [1.807, 2.05) is 11.0 Å². The number of urea groups is 1. The molecule has 3 aromatic rings. The minimum atomic E-state index is -0.142. The number of methoxy groups -OCH3 is 2. The third-order valence-corrected chi connectivity index (χ3v) is 6.36. The van der Waals surface area contributed by atoms with E-state index in [0.29, 0.717) is 30.3 Å². The zero-order valence-corrected chi connectivity index (χ0v) is 18.5. The van der Waals surface area contributed by atoms with Crippen LogP contribution in [0.4, 0.5) is 15.6 Å². The summed E-state index contributed by atoms with van der Waals surface area (Å²) in [6.45, 7) is 6.98. The molecule has 0 unspecified atom stereocenters. The van der Waals surface area contributed by atoms with E-state index in [9.17, 15) is 4.79 Å². The van der Waals surface area contributed by atoms with E-state index in [0.717, 1.165) is 23.7 Å². The lowest BCUT2D eigenvalue weighted by Gasteiger charge is -2.34. The Morgan fingerprint density at radius 3 is 2.57 bits per heavy atom. The highest BCUT2D eigenvalue weighted by molar-refractivity contribution is 7.22. The summed E-state index contributed by atoms with van der Waals surface area (Å²) in [5.74, 6) is 1.11. The summed E-state index contributed by atoms with van der Waals surface area (Å²) in [6, 6.07) is 9.65. The zero-order chi connectivity index (χ0) is 21.3. The van der Waals surface area contributed by atoms with Crippen LogP contribution in [-0.2, 0) is 0 Å². The van der Waals surface area contributed by atoms with Gasteiger partial charge < -0.3 is 24.6 Å². The third kappa shape index (κ3) is 3.87. The van der Waals surface area contributed by atoms with E-state index in [1.54, 1.807) is 37.7 Å². The number of carbonyl (C=O) groups is 1. The summed E-state index contributed by atoms with van der Waals surface area (Å²) >= 11 is 1.72. The summed E-state index contributed by atoms with van der Waals surface area (Å²) in [6.07, 6.45) is 0. The minimum absolute atomic E-state index is 0.142. The number of rotatable bonds is 4. The Morgan fingerprint density at radius 2 is 1.87 bits per heavy atom. The van der Waals surface area contributed by atoms with E-state index in [1.165, 1.54) is 15.8 Å². The fourth-order valence-electron chi connectivity index (χ4n) is 3.77. The molecule has 158 valence electrons. The second-order valence-electron chi connectivity index (χ2n) is 7.37. The molecule has 1 fully saturated rings. The monoisotopic (exact) mass is 426 g/mol. The van der Waals surface area contributed by atoms with E-state index in [-0.39, 0.29) is 6.03 Å². The Labute approximate surface area is 180 Å². The molecule has 30 heavy (non-hydrogen) atoms. The van der Waals surface area contributed by atoms with Crippen LogP contribution in [0.15, 0.2) is 30.3 Å². The van der Waals surface area contributed by atoms with Gasteiger partial charge in [0.05, 0.1) is 30.1 Å². The molecular weight excluding hydrogens is 400 g/mol. The Bertz CT molecular complexity index is 1070. The lowest BCUT2D eigenvalue weighted by Crippen LogP contribution is -2.50. The van der Waals surface area contributed by atoms with Gasteiger partial charge in [-0.05, 0) is 43.2 Å². The van der Waals surface area contributed by atoms with Gasteiger partial charge in [0.1, 0.15) is 0 Å². The molecule has 0 bridgehead atoms. The number of fused-ring (bicyclic) bond motifs is 1. The molecule has 2 aromatic carbocycles. The Hall–Kier alpha value is -3.00. The number of aryl methyl sites for hydroxylation is 2. The number of piperazine rings is 1.